The molecule has 148 valence electrons. The standard InChI is InChI=1S/C23H25N5O/c1-26-13-10-23(11-14-26)17-27(16-19-4-2-3-5-21(19)23)22(29)18-6-8-20(9-7-18)28-15-12-24-25-28/h2-9,12,15H,10-11,13-14,16-17H2,1H3. The molecule has 3 heterocycles. The van der Waals surface area contributed by atoms with E-state index in [0.29, 0.717) is 6.54 Å². The molecule has 0 atom stereocenters. The monoisotopic (exact) mass is 387 g/mol. The summed E-state index contributed by atoms with van der Waals surface area (Å²) in [6.45, 7) is 3.62. The third kappa shape index (κ3) is 3.23. The van der Waals surface area contributed by atoms with Gasteiger partial charge in [0.25, 0.3) is 5.91 Å². The largest absolute Gasteiger partial charge is 0.333 e. The van der Waals surface area contributed by atoms with E-state index in [2.05, 4.69) is 46.5 Å². The van der Waals surface area contributed by atoms with E-state index in [4.69, 9.17) is 0 Å². The van der Waals surface area contributed by atoms with Crippen molar-refractivity contribution in [3.8, 4) is 5.69 Å². The summed E-state index contributed by atoms with van der Waals surface area (Å²) in [6.07, 6.45) is 5.62. The Balaban J connectivity index is 1.43. The van der Waals surface area contributed by atoms with Crippen molar-refractivity contribution in [1.82, 2.24) is 24.8 Å². The first-order valence-electron chi connectivity index (χ1n) is 10.2. The van der Waals surface area contributed by atoms with E-state index in [1.165, 1.54) is 11.1 Å². The highest BCUT2D eigenvalue weighted by atomic mass is 16.2. The van der Waals surface area contributed by atoms with Crippen molar-refractivity contribution in [1.29, 1.82) is 0 Å². The Morgan fingerprint density at radius 3 is 2.52 bits per heavy atom. The maximum absolute atomic E-state index is 13.4. The Labute approximate surface area is 170 Å². The van der Waals surface area contributed by atoms with Crippen molar-refractivity contribution in [2.24, 2.45) is 0 Å². The number of hydrogen-bond donors (Lipinski definition) is 0. The molecule has 3 aromatic rings. The lowest BCUT2D eigenvalue weighted by Gasteiger charge is -2.48. The SMILES string of the molecule is CN1CCC2(CC1)CN(C(=O)c1ccc(-n3ccnn3)cc1)Cc1ccccc12. The van der Waals surface area contributed by atoms with Crippen LogP contribution >= 0.6 is 0 Å². The number of fused-ring (bicyclic) bond motifs is 2. The Hall–Kier alpha value is -2.99. The number of amides is 1. The highest BCUT2D eigenvalue weighted by Gasteiger charge is 2.42. The third-order valence-electron chi connectivity index (χ3n) is 6.48. The molecule has 2 aliphatic rings. The first-order chi connectivity index (χ1) is 14.1. The minimum Gasteiger partial charge on any atom is -0.333 e. The van der Waals surface area contributed by atoms with Gasteiger partial charge in [-0.15, -0.1) is 5.10 Å². The van der Waals surface area contributed by atoms with E-state index in [9.17, 15) is 4.79 Å². The number of carbonyl (C=O) groups excluding carboxylic acids is 1. The van der Waals surface area contributed by atoms with E-state index in [-0.39, 0.29) is 11.3 Å². The maximum atomic E-state index is 13.4. The second-order valence-corrected chi connectivity index (χ2v) is 8.30. The summed E-state index contributed by atoms with van der Waals surface area (Å²) >= 11 is 0. The van der Waals surface area contributed by atoms with Crippen LogP contribution in [0.15, 0.2) is 60.9 Å². The molecule has 1 spiro atoms. The van der Waals surface area contributed by atoms with Crippen LogP contribution in [-0.2, 0) is 12.0 Å². The van der Waals surface area contributed by atoms with E-state index in [1.807, 2.05) is 29.2 Å². The van der Waals surface area contributed by atoms with Gasteiger partial charge in [-0.1, -0.05) is 29.5 Å². The normalized spacial score (nSPS) is 18.6. The van der Waals surface area contributed by atoms with Gasteiger partial charge in [-0.25, -0.2) is 4.68 Å². The zero-order valence-corrected chi connectivity index (χ0v) is 16.7. The van der Waals surface area contributed by atoms with Crippen LogP contribution in [-0.4, -0.2) is 57.4 Å². The van der Waals surface area contributed by atoms with Crippen LogP contribution in [0.1, 0.15) is 34.3 Å². The molecule has 0 bridgehead atoms. The topological polar surface area (TPSA) is 54.3 Å². The molecule has 2 aliphatic heterocycles. The number of nitrogens with zero attached hydrogens (tertiary/aromatic N) is 5. The van der Waals surface area contributed by atoms with Gasteiger partial charge < -0.3 is 9.80 Å². The van der Waals surface area contributed by atoms with Crippen molar-refractivity contribution in [3.63, 3.8) is 0 Å². The van der Waals surface area contributed by atoms with Gasteiger partial charge in [0.1, 0.15) is 0 Å². The van der Waals surface area contributed by atoms with Crippen LogP contribution in [0.5, 0.6) is 0 Å². The molecule has 1 aromatic heterocycles. The van der Waals surface area contributed by atoms with Crippen LogP contribution in [0.4, 0.5) is 0 Å². The first-order valence-corrected chi connectivity index (χ1v) is 10.2. The van der Waals surface area contributed by atoms with Crippen molar-refractivity contribution in [2.75, 3.05) is 26.7 Å². The molecule has 1 fully saturated rings. The lowest BCUT2D eigenvalue weighted by atomic mass is 9.69. The molecule has 0 saturated carbocycles. The van der Waals surface area contributed by atoms with Crippen LogP contribution in [0, 0.1) is 0 Å². The van der Waals surface area contributed by atoms with Gasteiger partial charge >= 0.3 is 0 Å². The van der Waals surface area contributed by atoms with Gasteiger partial charge in [0.15, 0.2) is 0 Å². The number of hydrogen-bond acceptors (Lipinski definition) is 4. The quantitative estimate of drug-likeness (QED) is 0.679. The minimum absolute atomic E-state index is 0.0671. The van der Waals surface area contributed by atoms with Gasteiger partial charge in [-0.3, -0.25) is 4.79 Å². The number of likely N-dealkylation sites (tertiary alicyclic amines) is 1. The smallest absolute Gasteiger partial charge is 0.254 e. The van der Waals surface area contributed by atoms with Crippen LogP contribution in [0.3, 0.4) is 0 Å². The van der Waals surface area contributed by atoms with Gasteiger partial charge in [0.2, 0.25) is 0 Å². The molecule has 1 saturated heterocycles. The molecule has 2 aromatic carbocycles. The second kappa shape index (κ2) is 7.12. The average Bonchev–Trinajstić information content (AvgIpc) is 3.30. The maximum Gasteiger partial charge on any atom is 0.254 e. The Kier molecular flexibility index (Phi) is 4.43. The van der Waals surface area contributed by atoms with Crippen molar-refractivity contribution < 1.29 is 4.79 Å². The average molecular weight is 387 g/mol. The molecule has 0 aliphatic carbocycles. The number of piperidine rings is 1. The lowest BCUT2D eigenvalue weighted by molar-refractivity contribution is 0.0598. The van der Waals surface area contributed by atoms with Crippen LogP contribution in [0.25, 0.3) is 5.69 Å². The van der Waals surface area contributed by atoms with Gasteiger partial charge in [0.05, 0.1) is 18.1 Å². The fourth-order valence-electron chi connectivity index (χ4n) is 4.79. The summed E-state index contributed by atoms with van der Waals surface area (Å²) in [7, 11) is 2.18. The number of aromatic nitrogens is 3. The fraction of sp³-hybridized carbons (Fsp3) is 0.348. The summed E-state index contributed by atoms with van der Waals surface area (Å²) in [5, 5.41) is 7.85. The van der Waals surface area contributed by atoms with Gasteiger partial charge in [-0.05, 0) is 68.4 Å². The summed E-state index contributed by atoms with van der Waals surface area (Å²) in [5.74, 6) is 0.1000. The Morgan fingerprint density at radius 2 is 1.79 bits per heavy atom. The minimum atomic E-state index is 0.0671. The predicted molar refractivity (Wildman–Crippen MR) is 111 cm³/mol. The van der Waals surface area contributed by atoms with Crippen molar-refractivity contribution in [2.45, 2.75) is 24.8 Å². The fourth-order valence-corrected chi connectivity index (χ4v) is 4.79. The lowest BCUT2D eigenvalue weighted by Crippen LogP contribution is -2.52. The van der Waals surface area contributed by atoms with Gasteiger partial charge in [-0.2, -0.15) is 0 Å². The Bertz CT molecular complexity index is 1000. The molecule has 0 unspecified atom stereocenters. The van der Waals surface area contributed by atoms with Crippen molar-refractivity contribution >= 4 is 5.91 Å². The number of benzene rings is 2. The molecule has 6 heteroatoms. The van der Waals surface area contributed by atoms with Gasteiger partial charge in [0, 0.05) is 24.1 Å². The summed E-state index contributed by atoms with van der Waals surface area (Å²) < 4.78 is 1.69. The summed E-state index contributed by atoms with van der Waals surface area (Å²) in [5.41, 5.74) is 4.42. The molecular weight excluding hydrogens is 362 g/mol. The predicted octanol–water partition coefficient (Wildman–Crippen LogP) is 2.89. The second-order valence-electron chi connectivity index (χ2n) is 8.30. The number of rotatable bonds is 2. The van der Waals surface area contributed by atoms with E-state index in [1.54, 1.807) is 17.1 Å². The van der Waals surface area contributed by atoms with Crippen LogP contribution in [0.2, 0.25) is 0 Å². The number of carbonyl (C=O) groups is 1. The highest BCUT2D eigenvalue weighted by Crippen LogP contribution is 2.41. The van der Waals surface area contributed by atoms with E-state index < -0.39 is 0 Å². The molecule has 29 heavy (non-hydrogen) atoms. The van der Waals surface area contributed by atoms with Crippen LogP contribution < -0.4 is 0 Å². The third-order valence-corrected chi connectivity index (χ3v) is 6.48. The summed E-state index contributed by atoms with van der Waals surface area (Å²) in [4.78, 5) is 17.8. The molecule has 1 amide bonds. The van der Waals surface area contributed by atoms with E-state index >= 15 is 0 Å². The van der Waals surface area contributed by atoms with Crippen molar-refractivity contribution in [3.05, 3.63) is 77.6 Å². The zero-order chi connectivity index (χ0) is 19.8. The highest BCUT2D eigenvalue weighted by molar-refractivity contribution is 5.94. The first kappa shape index (κ1) is 18.1. The molecule has 5 rings (SSSR count). The molecule has 0 N–H and O–H groups in total. The zero-order valence-electron chi connectivity index (χ0n) is 16.7. The molecular formula is C23H25N5O. The molecule has 0 radical (unpaired) electrons. The Morgan fingerprint density at radius 1 is 1.03 bits per heavy atom. The summed E-state index contributed by atoms with van der Waals surface area (Å²) in [6, 6.07) is 16.3. The molecule has 6 nitrogen and oxygen atoms in total. The van der Waals surface area contributed by atoms with E-state index in [0.717, 1.165) is 43.7 Å².